The van der Waals surface area contributed by atoms with Crippen LogP contribution in [-0.4, -0.2) is 22.9 Å². The molecule has 2 heteroatoms. The molecule has 1 N–H and O–H groups in total. The van der Waals surface area contributed by atoms with Gasteiger partial charge in [-0.05, 0) is 31.6 Å². The predicted octanol–water partition coefficient (Wildman–Crippen LogP) is 1.71. The Labute approximate surface area is 73.9 Å². The van der Waals surface area contributed by atoms with E-state index in [1.165, 1.54) is 0 Å². The lowest BCUT2D eigenvalue weighted by Gasteiger charge is -2.41. The molecule has 2 saturated heterocycles. The van der Waals surface area contributed by atoms with Crippen LogP contribution in [0.15, 0.2) is 0 Å². The van der Waals surface area contributed by atoms with E-state index in [0.29, 0.717) is 12.0 Å². The third-order valence-electron chi connectivity index (χ3n) is 3.53. The van der Waals surface area contributed by atoms with Gasteiger partial charge in [0.05, 0.1) is 17.8 Å². The highest BCUT2D eigenvalue weighted by Gasteiger charge is 2.48. The summed E-state index contributed by atoms with van der Waals surface area (Å²) in [6.45, 7) is 4.17. The SMILES string of the molecule is CC(C)C1(O)CCC2CCC1O2. The number of hydrogen-bond donors (Lipinski definition) is 1. The molecule has 2 rings (SSSR count). The normalized spacial score (nSPS) is 47.0. The van der Waals surface area contributed by atoms with E-state index in [1.807, 2.05) is 0 Å². The average molecular weight is 170 g/mol. The number of rotatable bonds is 1. The summed E-state index contributed by atoms with van der Waals surface area (Å²) in [4.78, 5) is 0. The molecule has 0 aromatic carbocycles. The first-order valence-corrected chi connectivity index (χ1v) is 5.01. The van der Waals surface area contributed by atoms with Crippen molar-refractivity contribution < 1.29 is 9.84 Å². The molecule has 0 radical (unpaired) electrons. The van der Waals surface area contributed by atoms with Crippen molar-refractivity contribution in [3.8, 4) is 0 Å². The van der Waals surface area contributed by atoms with Gasteiger partial charge < -0.3 is 9.84 Å². The highest BCUT2D eigenvalue weighted by molar-refractivity contribution is 4.98. The first-order valence-electron chi connectivity index (χ1n) is 5.01. The lowest BCUT2D eigenvalue weighted by atomic mass is 9.80. The molecule has 3 unspecified atom stereocenters. The topological polar surface area (TPSA) is 29.5 Å². The first kappa shape index (κ1) is 8.52. The number of hydrogen-bond acceptors (Lipinski definition) is 2. The van der Waals surface area contributed by atoms with Crippen LogP contribution in [0.4, 0.5) is 0 Å². The van der Waals surface area contributed by atoms with E-state index in [1.54, 1.807) is 0 Å². The van der Waals surface area contributed by atoms with Gasteiger partial charge in [0.15, 0.2) is 0 Å². The fourth-order valence-corrected chi connectivity index (χ4v) is 2.50. The molecule has 3 atom stereocenters. The van der Waals surface area contributed by atoms with Crippen LogP contribution >= 0.6 is 0 Å². The van der Waals surface area contributed by atoms with Crippen molar-refractivity contribution in [3.05, 3.63) is 0 Å². The van der Waals surface area contributed by atoms with E-state index in [4.69, 9.17) is 4.74 Å². The van der Waals surface area contributed by atoms with Gasteiger partial charge >= 0.3 is 0 Å². The molecule has 2 bridgehead atoms. The van der Waals surface area contributed by atoms with Crippen molar-refractivity contribution in [3.63, 3.8) is 0 Å². The van der Waals surface area contributed by atoms with Crippen molar-refractivity contribution in [2.24, 2.45) is 5.92 Å². The Morgan fingerprint density at radius 3 is 2.75 bits per heavy atom. The standard InChI is InChI=1S/C10H18O2/c1-7(2)10(11)6-5-8-3-4-9(10)12-8/h7-9,11H,3-6H2,1-2H3. The second-order valence-electron chi connectivity index (χ2n) is 4.51. The lowest BCUT2D eigenvalue weighted by Crippen LogP contribution is -2.49. The van der Waals surface area contributed by atoms with Crippen LogP contribution in [0, 0.1) is 5.92 Å². The smallest absolute Gasteiger partial charge is 0.0931 e. The fraction of sp³-hybridized carbons (Fsp3) is 1.00. The summed E-state index contributed by atoms with van der Waals surface area (Å²) < 4.78 is 5.72. The Bertz CT molecular complexity index is 179. The van der Waals surface area contributed by atoms with Crippen molar-refractivity contribution in [1.82, 2.24) is 0 Å². The summed E-state index contributed by atoms with van der Waals surface area (Å²) in [5, 5.41) is 10.3. The van der Waals surface area contributed by atoms with Gasteiger partial charge in [-0.1, -0.05) is 13.8 Å². The summed E-state index contributed by atoms with van der Waals surface area (Å²) >= 11 is 0. The van der Waals surface area contributed by atoms with E-state index in [9.17, 15) is 5.11 Å². The molecule has 0 amide bonds. The Hall–Kier alpha value is -0.0800. The highest BCUT2D eigenvalue weighted by Crippen LogP contribution is 2.42. The number of aliphatic hydroxyl groups is 1. The van der Waals surface area contributed by atoms with Gasteiger partial charge in [-0.2, -0.15) is 0 Å². The third-order valence-corrected chi connectivity index (χ3v) is 3.53. The Morgan fingerprint density at radius 2 is 2.08 bits per heavy atom. The second-order valence-corrected chi connectivity index (χ2v) is 4.51. The minimum Gasteiger partial charge on any atom is -0.387 e. The largest absolute Gasteiger partial charge is 0.387 e. The van der Waals surface area contributed by atoms with Crippen molar-refractivity contribution in [2.75, 3.05) is 0 Å². The molecule has 0 spiro atoms. The van der Waals surface area contributed by atoms with Gasteiger partial charge in [-0.25, -0.2) is 0 Å². The van der Waals surface area contributed by atoms with Crippen LogP contribution in [0.25, 0.3) is 0 Å². The molecule has 2 heterocycles. The molecular weight excluding hydrogens is 152 g/mol. The minimum atomic E-state index is -0.535. The Balaban J connectivity index is 2.15. The van der Waals surface area contributed by atoms with Crippen molar-refractivity contribution in [2.45, 2.75) is 57.3 Å². The molecule has 2 aliphatic heterocycles. The maximum Gasteiger partial charge on any atom is 0.0931 e. The number of fused-ring (bicyclic) bond motifs is 2. The average Bonchev–Trinajstić information content (AvgIpc) is 2.43. The van der Waals surface area contributed by atoms with Gasteiger partial charge in [0.25, 0.3) is 0 Å². The number of ether oxygens (including phenoxy) is 1. The molecule has 2 nitrogen and oxygen atoms in total. The van der Waals surface area contributed by atoms with Crippen LogP contribution in [0.2, 0.25) is 0 Å². The predicted molar refractivity (Wildman–Crippen MR) is 46.9 cm³/mol. The molecule has 12 heavy (non-hydrogen) atoms. The van der Waals surface area contributed by atoms with Gasteiger partial charge in [0, 0.05) is 0 Å². The summed E-state index contributed by atoms with van der Waals surface area (Å²) in [5.41, 5.74) is -0.535. The molecule has 0 aliphatic carbocycles. The molecule has 70 valence electrons. The van der Waals surface area contributed by atoms with Crippen LogP contribution in [-0.2, 0) is 4.74 Å². The Morgan fingerprint density at radius 1 is 1.33 bits per heavy atom. The molecular formula is C10H18O2. The van der Waals surface area contributed by atoms with Gasteiger partial charge in [0.1, 0.15) is 0 Å². The van der Waals surface area contributed by atoms with Crippen molar-refractivity contribution >= 4 is 0 Å². The third kappa shape index (κ3) is 1.09. The van der Waals surface area contributed by atoms with Crippen LogP contribution in [0.3, 0.4) is 0 Å². The van der Waals surface area contributed by atoms with Gasteiger partial charge in [0.2, 0.25) is 0 Å². The van der Waals surface area contributed by atoms with E-state index in [0.717, 1.165) is 25.7 Å². The quantitative estimate of drug-likeness (QED) is 0.649. The van der Waals surface area contributed by atoms with Gasteiger partial charge in [-0.15, -0.1) is 0 Å². The van der Waals surface area contributed by atoms with Crippen LogP contribution < -0.4 is 0 Å². The van der Waals surface area contributed by atoms with E-state index in [-0.39, 0.29) is 6.10 Å². The zero-order valence-corrected chi connectivity index (χ0v) is 7.92. The van der Waals surface area contributed by atoms with E-state index >= 15 is 0 Å². The summed E-state index contributed by atoms with van der Waals surface area (Å²) in [6.07, 6.45) is 4.76. The first-order chi connectivity index (χ1) is 5.63. The zero-order valence-electron chi connectivity index (χ0n) is 7.92. The zero-order chi connectivity index (χ0) is 8.77. The lowest BCUT2D eigenvalue weighted by molar-refractivity contribution is -0.164. The summed E-state index contributed by atoms with van der Waals surface area (Å²) in [7, 11) is 0. The van der Waals surface area contributed by atoms with Crippen LogP contribution in [0.5, 0.6) is 0 Å². The molecule has 0 aromatic rings. The van der Waals surface area contributed by atoms with E-state index in [2.05, 4.69) is 13.8 Å². The second kappa shape index (κ2) is 2.71. The van der Waals surface area contributed by atoms with Crippen LogP contribution in [0.1, 0.15) is 39.5 Å². The highest BCUT2D eigenvalue weighted by atomic mass is 16.5. The minimum absolute atomic E-state index is 0.122. The van der Waals surface area contributed by atoms with E-state index < -0.39 is 5.60 Å². The molecule has 0 aromatic heterocycles. The maximum absolute atomic E-state index is 10.3. The summed E-state index contributed by atoms with van der Waals surface area (Å²) in [5.74, 6) is 0.321. The summed E-state index contributed by atoms with van der Waals surface area (Å²) in [6, 6.07) is 0. The fourth-order valence-electron chi connectivity index (χ4n) is 2.50. The molecule has 2 aliphatic rings. The molecule has 2 fully saturated rings. The van der Waals surface area contributed by atoms with Gasteiger partial charge in [-0.3, -0.25) is 0 Å². The van der Waals surface area contributed by atoms with Crippen molar-refractivity contribution in [1.29, 1.82) is 0 Å². The Kier molecular flexibility index (Phi) is 1.92. The maximum atomic E-state index is 10.3. The molecule has 0 saturated carbocycles. The monoisotopic (exact) mass is 170 g/mol.